The molecule has 1 heteroatoms. The highest BCUT2D eigenvalue weighted by Crippen LogP contribution is 2.31. The van der Waals surface area contributed by atoms with Gasteiger partial charge < -0.3 is 5.11 Å². The zero-order valence-corrected chi connectivity index (χ0v) is 9.22. The first-order valence-electron chi connectivity index (χ1n) is 5.02. The third kappa shape index (κ3) is 4.10. The van der Waals surface area contributed by atoms with E-state index in [1.165, 1.54) is 0 Å². The van der Waals surface area contributed by atoms with Gasteiger partial charge in [0, 0.05) is 6.61 Å². The first-order valence-corrected chi connectivity index (χ1v) is 5.02. The van der Waals surface area contributed by atoms with Crippen molar-refractivity contribution in [2.45, 2.75) is 47.5 Å². The number of rotatable bonds is 4. The van der Waals surface area contributed by atoms with Crippen LogP contribution < -0.4 is 0 Å². The first-order chi connectivity index (χ1) is 5.41. The molecule has 2 unspecified atom stereocenters. The lowest BCUT2D eigenvalue weighted by atomic mass is 9.77. The van der Waals surface area contributed by atoms with Crippen LogP contribution in [0.2, 0.25) is 0 Å². The molecule has 0 aromatic heterocycles. The molecule has 0 aromatic carbocycles. The predicted molar refractivity (Wildman–Crippen MR) is 54.1 cm³/mol. The summed E-state index contributed by atoms with van der Waals surface area (Å²) in [5.41, 5.74) is 0.378. The molecular formula is C11H24O. The molecule has 0 aliphatic heterocycles. The summed E-state index contributed by atoms with van der Waals surface area (Å²) < 4.78 is 0. The second-order valence-electron chi connectivity index (χ2n) is 4.96. The largest absolute Gasteiger partial charge is 0.396 e. The Bertz CT molecular complexity index is 109. The van der Waals surface area contributed by atoms with Crippen molar-refractivity contribution < 1.29 is 5.11 Å². The van der Waals surface area contributed by atoms with Crippen LogP contribution in [0.15, 0.2) is 0 Å². The van der Waals surface area contributed by atoms with Crippen molar-refractivity contribution >= 4 is 0 Å². The highest BCUT2D eigenvalue weighted by molar-refractivity contribution is 4.72. The van der Waals surface area contributed by atoms with Gasteiger partial charge in [0.05, 0.1) is 0 Å². The zero-order valence-electron chi connectivity index (χ0n) is 9.22. The molecule has 0 radical (unpaired) electrons. The van der Waals surface area contributed by atoms with E-state index in [9.17, 15) is 0 Å². The van der Waals surface area contributed by atoms with Gasteiger partial charge in [-0.25, -0.2) is 0 Å². The van der Waals surface area contributed by atoms with Crippen molar-refractivity contribution in [1.82, 2.24) is 0 Å². The minimum Gasteiger partial charge on any atom is -0.396 e. The quantitative estimate of drug-likeness (QED) is 0.691. The van der Waals surface area contributed by atoms with E-state index in [0.29, 0.717) is 23.9 Å². The molecule has 1 nitrogen and oxygen atoms in total. The van der Waals surface area contributed by atoms with Gasteiger partial charge in [-0.3, -0.25) is 0 Å². The first kappa shape index (κ1) is 12.0. The Morgan fingerprint density at radius 3 is 2.00 bits per heavy atom. The highest BCUT2D eigenvalue weighted by atomic mass is 16.3. The van der Waals surface area contributed by atoms with E-state index in [0.717, 1.165) is 12.8 Å². The highest BCUT2D eigenvalue weighted by Gasteiger charge is 2.22. The van der Waals surface area contributed by atoms with Crippen molar-refractivity contribution in [2.24, 2.45) is 17.3 Å². The lowest BCUT2D eigenvalue weighted by Gasteiger charge is -2.29. The molecule has 74 valence electrons. The predicted octanol–water partition coefficient (Wildman–Crippen LogP) is 3.08. The van der Waals surface area contributed by atoms with Crippen LogP contribution in [0.3, 0.4) is 0 Å². The fourth-order valence-corrected chi connectivity index (χ4v) is 1.22. The summed E-state index contributed by atoms with van der Waals surface area (Å²) >= 11 is 0. The van der Waals surface area contributed by atoms with Crippen LogP contribution in [0, 0.1) is 17.3 Å². The van der Waals surface area contributed by atoms with Gasteiger partial charge in [0.2, 0.25) is 0 Å². The SMILES string of the molecule is CCC(CO)CC(C)C(C)(C)C. The molecule has 0 aliphatic rings. The van der Waals surface area contributed by atoms with E-state index < -0.39 is 0 Å². The average molecular weight is 172 g/mol. The fourth-order valence-electron chi connectivity index (χ4n) is 1.22. The van der Waals surface area contributed by atoms with Crippen LogP contribution in [0.4, 0.5) is 0 Å². The molecule has 0 saturated carbocycles. The third-order valence-electron chi connectivity index (χ3n) is 3.00. The summed E-state index contributed by atoms with van der Waals surface area (Å²) in [7, 11) is 0. The van der Waals surface area contributed by atoms with Gasteiger partial charge >= 0.3 is 0 Å². The van der Waals surface area contributed by atoms with E-state index in [4.69, 9.17) is 5.11 Å². The van der Waals surface area contributed by atoms with Gasteiger partial charge in [-0.2, -0.15) is 0 Å². The third-order valence-corrected chi connectivity index (χ3v) is 3.00. The van der Waals surface area contributed by atoms with E-state index in [1.807, 2.05) is 0 Å². The van der Waals surface area contributed by atoms with Gasteiger partial charge in [0.15, 0.2) is 0 Å². The molecule has 2 atom stereocenters. The molecule has 1 N–H and O–H groups in total. The summed E-state index contributed by atoms with van der Waals surface area (Å²) in [4.78, 5) is 0. The Morgan fingerprint density at radius 2 is 1.75 bits per heavy atom. The second-order valence-corrected chi connectivity index (χ2v) is 4.96. The van der Waals surface area contributed by atoms with Crippen molar-refractivity contribution in [3.05, 3.63) is 0 Å². The van der Waals surface area contributed by atoms with Crippen LogP contribution in [-0.4, -0.2) is 11.7 Å². The maximum atomic E-state index is 9.04. The van der Waals surface area contributed by atoms with Crippen LogP contribution in [0.25, 0.3) is 0 Å². The van der Waals surface area contributed by atoms with E-state index >= 15 is 0 Å². The molecule has 12 heavy (non-hydrogen) atoms. The van der Waals surface area contributed by atoms with Crippen LogP contribution >= 0.6 is 0 Å². The van der Waals surface area contributed by atoms with Crippen molar-refractivity contribution in [2.75, 3.05) is 6.61 Å². The van der Waals surface area contributed by atoms with Crippen LogP contribution in [-0.2, 0) is 0 Å². The minimum atomic E-state index is 0.344. The van der Waals surface area contributed by atoms with Crippen LogP contribution in [0.5, 0.6) is 0 Å². The van der Waals surface area contributed by atoms with Crippen molar-refractivity contribution in [3.63, 3.8) is 0 Å². The maximum absolute atomic E-state index is 9.04. The molecule has 0 heterocycles. The number of aliphatic hydroxyl groups is 1. The summed E-state index contributed by atoms with van der Waals surface area (Å²) in [5.74, 6) is 1.19. The van der Waals surface area contributed by atoms with Gasteiger partial charge in [0.1, 0.15) is 0 Å². The molecular weight excluding hydrogens is 148 g/mol. The molecule has 0 aromatic rings. The molecule has 0 spiro atoms. The second kappa shape index (κ2) is 4.86. The van der Waals surface area contributed by atoms with Crippen molar-refractivity contribution in [3.8, 4) is 0 Å². The summed E-state index contributed by atoms with van der Waals surface area (Å²) in [6.07, 6.45) is 2.24. The van der Waals surface area contributed by atoms with Crippen molar-refractivity contribution in [1.29, 1.82) is 0 Å². The van der Waals surface area contributed by atoms with E-state index in [2.05, 4.69) is 34.6 Å². The zero-order chi connectivity index (χ0) is 9.78. The van der Waals surface area contributed by atoms with E-state index in [-0.39, 0.29) is 0 Å². The van der Waals surface area contributed by atoms with Gasteiger partial charge in [-0.1, -0.05) is 41.0 Å². The summed E-state index contributed by atoms with van der Waals surface area (Å²) in [6.45, 7) is 11.6. The molecule has 0 amide bonds. The lowest BCUT2D eigenvalue weighted by molar-refractivity contribution is 0.156. The molecule has 0 bridgehead atoms. The number of hydrogen-bond donors (Lipinski definition) is 1. The Hall–Kier alpha value is -0.0400. The Kier molecular flexibility index (Phi) is 4.84. The van der Waals surface area contributed by atoms with E-state index in [1.54, 1.807) is 0 Å². The summed E-state index contributed by atoms with van der Waals surface area (Å²) in [5, 5.41) is 9.04. The fraction of sp³-hybridized carbons (Fsp3) is 1.00. The molecule has 0 rings (SSSR count). The molecule has 0 fully saturated rings. The smallest absolute Gasteiger partial charge is 0.0459 e. The Morgan fingerprint density at radius 1 is 1.25 bits per heavy atom. The maximum Gasteiger partial charge on any atom is 0.0459 e. The Balaban J connectivity index is 3.90. The minimum absolute atomic E-state index is 0.344. The monoisotopic (exact) mass is 172 g/mol. The Labute approximate surface area is 77.2 Å². The number of aliphatic hydroxyl groups excluding tert-OH is 1. The van der Waals surface area contributed by atoms with Gasteiger partial charge in [-0.15, -0.1) is 0 Å². The molecule has 0 aliphatic carbocycles. The van der Waals surface area contributed by atoms with Gasteiger partial charge in [0.25, 0.3) is 0 Å². The lowest BCUT2D eigenvalue weighted by Crippen LogP contribution is -2.21. The van der Waals surface area contributed by atoms with Gasteiger partial charge in [-0.05, 0) is 23.7 Å². The standard InChI is InChI=1S/C11H24O/c1-6-10(8-12)7-9(2)11(3,4)5/h9-10,12H,6-8H2,1-5H3. The summed E-state index contributed by atoms with van der Waals surface area (Å²) in [6, 6.07) is 0. The topological polar surface area (TPSA) is 20.2 Å². The van der Waals surface area contributed by atoms with Crippen LogP contribution in [0.1, 0.15) is 47.5 Å². The average Bonchev–Trinajstić information content (AvgIpc) is 1.97. The molecule has 0 saturated heterocycles. The number of hydrogen-bond acceptors (Lipinski definition) is 1. The normalized spacial score (nSPS) is 17.5.